The lowest BCUT2D eigenvalue weighted by Gasteiger charge is -2.16. The maximum Gasteiger partial charge on any atom is 0.237 e. The van der Waals surface area contributed by atoms with E-state index in [9.17, 15) is 4.39 Å². The number of hydrogen-bond acceptors (Lipinski definition) is 7. The van der Waals surface area contributed by atoms with Gasteiger partial charge in [0.1, 0.15) is 17.3 Å². The Balaban J connectivity index is 1.82. The summed E-state index contributed by atoms with van der Waals surface area (Å²) in [5.41, 5.74) is 2.10. The Morgan fingerprint density at radius 2 is 1.96 bits per heavy atom. The number of rotatable bonds is 6. The molecule has 3 aromatic rings. The van der Waals surface area contributed by atoms with Gasteiger partial charge in [-0.2, -0.15) is 4.98 Å². The molecule has 0 spiro atoms. The van der Waals surface area contributed by atoms with E-state index in [1.807, 2.05) is 13.8 Å². The molecule has 3 heterocycles. The van der Waals surface area contributed by atoms with E-state index in [1.54, 1.807) is 18.3 Å². The number of hydrogen-bond donors (Lipinski definition) is 2. The van der Waals surface area contributed by atoms with Gasteiger partial charge in [0.15, 0.2) is 0 Å². The van der Waals surface area contributed by atoms with Crippen molar-refractivity contribution in [3.63, 3.8) is 0 Å². The fraction of sp³-hybridized carbons (Fsp3) is 0.222. The summed E-state index contributed by atoms with van der Waals surface area (Å²) in [5.74, 6) is 0.978. The van der Waals surface area contributed by atoms with Crippen LogP contribution in [0.25, 0.3) is 0 Å². The third-order valence-electron chi connectivity index (χ3n) is 3.78. The number of nitrogens with zero attached hydrogens (tertiary/aromatic N) is 4. The molecule has 9 heteroatoms. The Morgan fingerprint density at radius 3 is 2.67 bits per heavy atom. The van der Waals surface area contributed by atoms with Gasteiger partial charge in [0.2, 0.25) is 11.8 Å². The molecule has 0 aliphatic carbocycles. The van der Waals surface area contributed by atoms with Crippen LogP contribution >= 0.6 is 11.6 Å². The maximum atomic E-state index is 13.1. The van der Waals surface area contributed by atoms with Crippen molar-refractivity contribution in [2.75, 3.05) is 17.7 Å². The summed E-state index contributed by atoms with van der Waals surface area (Å²) in [6.45, 7) is 3.80. The molecule has 0 aliphatic rings. The van der Waals surface area contributed by atoms with Gasteiger partial charge < -0.3 is 15.4 Å². The zero-order valence-corrected chi connectivity index (χ0v) is 15.8. The van der Waals surface area contributed by atoms with Crippen molar-refractivity contribution in [3.05, 3.63) is 58.9 Å². The summed E-state index contributed by atoms with van der Waals surface area (Å²) in [6, 6.07) is 4.51. The summed E-state index contributed by atoms with van der Waals surface area (Å²) in [7, 11) is 1.52. The van der Waals surface area contributed by atoms with Crippen LogP contribution in [0.1, 0.15) is 24.2 Å². The van der Waals surface area contributed by atoms with Gasteiger partial charge in [-0.05, 0) is 32.0 Å². The van der Waals surface area contributed by atoms with Crippen LogP contribution in [0.2, 0.25) is 5.02 Å². The van der Waals surface area contributed by atoms with Gasteiger partial charge in [-0.15, -0.1) is 0 Å². The SMILES string of the molecule is COc1ncc(Cl)cc1Nc1ncc(C)c(N[C@@H](C)c2ccc(F)cn2)n1. The van der Waals surface area contributed by atoms with Crippen LogP contribution in [0.5, 0.6) is 5.88 Å². The highest BCUT2D eigenvalue weighted by Gasteiger charge is 2.13. The lowest BCUT2D eigenvalue weighted by Crippen LogP contribution is -2.12. The van der Waals surface area contributed by atoms with Gasteiger partial charge in [-0.1, -0.05) is 11.6 Å². The summed E-state index contributed by atoms with van der Waals surface area (Å²) in [5, 5.41) is 6.77. The Kier molecular flexibility index (Phi) is 5.66. The molecule has 1 atom stereocenters. The fourth-order valence-corrected chi connectivity index (χ4v) is 2.53. The minimum absolute atomic E-state index is 0.172. The Hall–Kier alpha value is -3.00. The van der Waals surface area contributed by atoms with Gasteiger partial charge in [0.25, 0.3) is 0 Å². The number of nitrogens with one attached hydrogen (secondary N) is 2. The summed E-state index contributed by atoms with van der Waals surface area (Å²) in [6.07, 6.45) is 4.37. The van der Waals surface area contributed by atoms with Crippen molar-refractivity contribution in [3.8, 4) is 5.88 Å². The minimum Gasteiger partial charge on any atom is -0.480 e. The molecule has 3 aromatic heterocycles. The van der Waals surface area contributed by atoms with Crippen molar-refractivity contribution in [2.45, 2.75) is 19.9 Å². The summed E-state index contributed by atoms with van der Waals surface area (Å²) >= 11 is 6.00. The topological polar surface area (TPSA) is 84.9 Å². The van der Waals surface area contributed by atoms with E-state index in [1.165, 1.54) is 25.6 Å². The Bertz CT molecular complexity index is 938. The van der Waals surface area contributed by atoms with Crippen molar-refractivity contribution in [1.82, 2.24) is 19.9 Å². The first-order valence-electron chi connectivity index (χ1n) is 8.14. The highest BCUT2D eigenvalue weighted by atomic mass is 35.5. The molecule has 7 nitrogen and oxygen atoms in total. The second-order valence-corrected chi connectivity index (χ2v) is 6.26. The number of halogens is 2. The molecule has 0 aromatic carbocycles. The molecule has 0 unspecified atom stereocenters. The van der Waals surface area contributed by atoms with Crippen LogP contribution in [0, 0.1) is 12.7 Å². The predicted octanol–water partition coefficient (Wildman–Crippen LogP) is 4.29. The third kappa shape index (κ3) is 4.59. The quantitative estimate of drug-likeness (QED) is 0.651. The fourth-order valence-electron chi connectivity index (χ4n) is 2.37. The first-order chi connectivity index (χ1) is 13.0. The lowest BCUT2D eigenvalue weighted by atomic mass is 10.2. The van der Waals surface area contributed by atoms with Crippen molar-refractivity contribution in [2.24, 2.45) is 0 Å². The van der Waals surface area contributed by atoms with Gasteiger partial charge in [-0.3, -0.25) is 4.98 Å². The van der Waals surface area contributed by atoms with E-state index in [0.717, 1.165) is 5.56 Å². The smallest absolute Gasteiger partial charge is 0.237 e. The lowest BCUT2D eigenvalue weighted by molar-refractivity contribution is 0.400. The standard InChI is InChI=1S/C18H18ClFN6O/c1-10-7-23-18(25-15-6-12(19)8-22-17(15)27-3)26-16(10)24-11(2)14-5-4-13(20)9-21-14/h4-9,11H,1-3H3,(H2,23,24,25,26)/t11-/m0/s1. The molecular formula is C18H18ClFN6O. The molecule has 0 bridgehead atoms. The highest BCUT2D eigenvalue weighted by molar-refractivity contribution is 6.30. The number of aromatic nitrogens is 4. The van der Waals surface area contributed by atoms with E-state index in [4.69, 9.17) is 16.3 Å². The minimum atomic E-state index is -0.375. The van der Waals surface area contributed by atoms with E-state index in [-0.39, 0.29) is 11.9 Å². The molecule has 2 N–H and O–H groups in total. The van der Waals surface area contributed by atoms with E-state index in [0.29, 0.717) is 34.1 Å². The molecule has 0 amide bonds. The van der Waals surface area contributed by atoms with Crippen LogP contribution < -0.4 is 15.4 Å². The predicted molar refractivity (Wildman–Crippen MR) is 102 cm³/mol. The van der Waals surface area contributed by atoms with Crippen molar-refractivity contribution >= 4 is 29.1 Å². The van der Waals surface area contributed by atoms with Crippen LogP contribution in [-0.4, -0.2) is 27.0 Å². The largest absolute Gasteiger partial charge is 0.480 e. The maximum absolute atomic E-state index is 13.1. The van der Waals surface area contributed by atoms with Gasteiger partial charge in [0.05, 0.1) is 30.1 Å². The highest BCUT2D eigenvalue weighted by Crippen LogP contribution is 2.28. The molecule has 0 saturated carbocycles. The molecule has 27 heavy (non-hydrogen) atoms. The van der Waals surface area contributed by atoms with Crippen molar-refractivity contribution in [1.29, 1.82) is 0 Å². The number of methoxy groups -OCH3 is 1. The average Bonchev–Trinajstić information content (AvgIpc) is 2.65. The van der Waals surface area contributed by atoms with Crippen LogP contribution in [0.4, 0.5) is 21.8 Å². The number of ether oxygens (including phenoxy) is 1. The van der Waals surface area contributed by atoms with E-state index >= 15 is 0 Å². The van der Waals surface area contributed by atoms with E-state index < -0.39 is 0 Å². The average molecular weight is 389 g/mol. The van der Waals surface area contributed by atoms with Gasteiger partial charge >= 0.3 is 0 Å². The normalized spacial score (nSPS) is 11.7. The van der Waals surface area contributed by atoms with Crippen molar-refractivity contribution < 1.29 is 9.13 Å². The Morgan fingerprint density at radius 1 is 1.15 bits per heavy atom. The summed E-state index contributed by atoms with van der Waals surface area (Å²) in [4.78, 5) is 17.0. The number of anilines is 3. The summed E-state index contributed by atoms with van der Waals surface area (Å²) < 4.78 is 18.3. The second-order valence-electron chi connectivity index (χ2n) is 5.83. The number of pyridine rings is 2. The molecule has 0 aliphatic heterocycles. The zero-order chi connectivity index (χ0) is 19.4. The molecule has 0 fully saturated rings. The molecular weight excluding hydrogens is 371 g/mol. The molecule has 0 radical (unpaired) electrons. The first-order valence-corrected chi connectivity index (χ1v) is 8.52. The second kappa shape index (κ2) is 8.13. The third-order valence-corrected chi connectivity index (χ3v) is 3.98. The molecule has 140 valence electrons. The molecule has 0 saturated heterocycles. The van der Waals surface area contributed by atoms with Crippen LogP contribution in [0.15, 0.2) is 36.8 Å². The van der Waals surface area contributed by atoms with Crippen LogP contribution in [-0.2, 0) is 0 Å². The first kappa shape index (κ1) is 18.8. The van der Waals surface area contributed by atoms with E-state index in [2.05, 4.69) is 30.6 Å². The Labute approximate surface area is 161 Å². The van der Waals surface area contributed by atoms with Gasteiger partial charge in [-0.25, -0.2) is 14.4 Å². The van der Waals surface area contributed by atoms with Gasteiger partial charge in [0, 0.05) is 18.0 Å². The van der Waals surface area contributed by atoms with Crippen LogP contribution in [0.3, 0.4) is 0 Å². The monoisotopic (exact) mass is 388 g/mol. The molecule has 3 rings (SSSR count). The number of aryl methyl sites for hydroxylation is 1. The zero-order valence-electron chi connectivity index (χ0n) is 15.0.